The molecule has 1 aliphatic heterocycles. The second-order valence-corrected chi connectivity index (χ2v) is 5.85. The van der Waals surface area contributed by atoms with Crippen molar-refractivity contribution in [2.24, 2.45) is 0 Å². The van der Waals surface area contributed by atoms with E-state index in [4.69, 9.17) is 21.6 Å². The van der Waals surface area contributed by atoms with E-state index in [0.29, 0.717) is 32.0 Å². The molecule has 1 aliphatic rings. The molecule has 0 saturated carbocycles. The molecule has 1 aromatic carbocycles. The van der Waals surface area contributed by atoms with Gasteiger partial charge in [0.25, 0.3) is 11.6 Å². The Morgan fingerprint density at radius 1 is 1.46 bits per heavy atom. The summed E-state index contributed by atoms with van der Waals surface area (Å²) in [6.07, 6.45) is 1.21. The number of anilines is 1. The maximum Gasteiger partial charge on any atom is 0.289 e. The molecule has 10 heteroatoms. The fourth-order valence-corrected chi connectivity index (χ4v) is 2.48. The number of nitriles is 1. The quantitative estimate of drug-likeness (QED) is 0.319. The molecule has 1 saturated heterocycles. The standard InChI is InChI=1S/C16H18ClN5O4/c17-14-2-1-13(9-15(14)22(24)25)20-11-12(10-18)16(23)19-3-4-21-5-7-26-8-6-21/h1-2,9,11,20H,3-8H2,(H,19,23)/b12-11-. The van der Waals surface area contributed by atoms with Gasteiger partial charge in [0.15, 0.2) is 0 Å². The number of benzene rings is 1. The summed E-state index contributed by atoms with van der Waals surface area (Å²) in [6.45, 7) is 4.05. The lowest BCUT2D eigenvalue weighted by molar-refractivity contribution is -0.384. The number of halogens is 1. The van der Waals surface area contributed by atoms with Crippen molar-refractivity contribution in [1.82, 2.24) is 10.2 Å². The average Bonchev–Trinajstić information content (AvgIpc) is 2.64. The van der Waals surface area contributed by atoms with E-state index in [1.807, 2.05) is 0 Å². The Kier molecular flexibility index (Phi) is 7.35. The minimum absolute atomic E-state index is 0.00546. The van der Waals surface area contributed by atoms with Crippen LogP contribution in [0.1, 0.15) is 0 Å². The van der Waals surface area contributed by atoms with Gasteiger partial charge in [0, 0.05) is 44.1 Å². The first kappa shape index (κ1) is 19.7. The molecule has 0 aromatic heterocycles. The number of nitrogens with one attached hydrogen (secondary N) is 2. The normalized spacial score (nSPS) is 15.2. The first-order chi connectivity index (χ1) is 12.5. The number of morpholine rings is 1. The Balaban J connectivity index is 1.90. The summed E-state index contributed by atoms with van der Waals surface area (Å²) in [4.78, 5) is 24.5. The van der Waals surface area contributed by atoms with Crippen LogP contribution in [0.5, 0.6) is 0 Å². The molecule has 0 bridgehead atoms. The lowest BCUT2D eigenvalue weighted by atomic mass is 10.2. The molecule has 9 nitrogen and oxygen atoms in total. The molecule has 138 valence electrons. The van der Waals surface area contributed by atoms with Crippen molar-refractivity contribution in [2.75, 3.05) is 44.7 Å². The van der Waals surface area contributed by atoms with Crippen molar-refractivity contribution < 1.29 is 14.5 Å². The zero-order chi connectivity index (χ0) is 18.9. The number of nitro benzene ring substituents is 1. The Morgan fingerprint density at radius 2 is 2.19 bits per heavy atom. The average molecular weight is 380 g/mol. The van der Waals surface area contributed by atoms with E-state index < -0.39 is 10.8 Å². The van der Waals surface area contributed by atoms with E-state index in [1.165, 1.54) is 24.4 Å². The van der Waals surface area contributed by atoms with Crippen LogP contribution in [0.2, 0.25) is 5.02 Å². The maximum absolute atomic E-state index is 12.1. The molecule has 0 spiro atoms. The van der Waals surface area contributed by atoms with Crippen LogP contribution in [-0.4, -0.2) is 55.1 Å². The van der Waals surface area contributed by atoms with E-state index in [2.05, 4.69) is 15.5 Å². The lowest BCUT2D eigenvalue weighted by Gasteiger charge is -2.26. The van der Waals surface area contributed by atoms with Crippen LogP contribution in [0.4, 0.5) is 11.4 Å². The van der Waals surface area contributed by atoms with Crippen molar-refractivity contribution >= 4 is 28.9 Å². The van der Waals surface area contributed by atoms with E-state index in [1.54, 1.807) is 6.07 Å². The van der Waals surface area contributed by atoms with Crippen LogP contribution in [0.15, 0.2) is 30.0 Å². The van der Waals surface area contributed by atoms with Gasteiger partial charge < -0.3 is 15.4 Å². The molecule has 26 heavy (non-hydrogen) atoms. The summed E-state index contributed by atoms with van der Waals surface area (Å²) in [5.74, 6) is -0.517. The lowest BCUT2D eigenvalue weighted by Crippen LogP contribution is -2.41. The molecule has 0 aliphatic carbocycles. The molecule has 2 rings (SSSR count). The topological polar surface area (TPSA) is 121 Å². The predicted molar refractivity (Wildman–Crippen MR) is 95.7 cm³/mol. The first-order valence-corrected chi connectivity index (χ1v) is 8.28. The van der Waals surface area contributed by atoms with Crippen molar-refractivity contribution in [1.29, 1.82) is 5.26 Å². The number of hydrogen-bond acceptors (Lipinski definition) is 7. The molecular weight excluding hydrogens is 362 g/mol. The summed E-state index contributed by atoms with van der Waals surface area (Å²) >= 11 is 5.74. The minimum Gasteiger partial charge on any atom is -0.379 e. The monoisotopic (exact) mass is 379 g/mol. The van der Waals surface area contributed by atoms with Crippen molar-refractivity contribution in [2.45, 2.75) is 0 Å². The summed E-state index contributed by atoms with van der Waals surface area (Å²) in [5, 5.41) is 25.4. The summed E-state index contributed by atoms with van der Waals surface area (Å²) < 4.78 is 5.25. The highest BCUT2D eigenvalue weighted by molar-refractivity contribution is 6.32. The minimum atomic E-state index is -0.610. The molecule has 0 atom stereocenters. The highest BCUT2D eigenvalue weighted by Crippen LogP contribution is 2.27. The van der Waals surface area contributed by atoms with Crippen LogP contribution in [0, 0.1) is 21.4 Å². The highest BCUT2D eigenvalue weighted by Gasteiger charge is 2.14. The number of carbonyl (C=O) groups is 1. The highest BCUT2D eigenvalue weighted by atomic mass is 35.5. The number of nitrogens with zero attached hydrogens (tertiary/aromatic N) is 3. The van der Waals surface area contributed by atoms with Crippen LogP contribution in [-0.2, 0) is 9.53 Å². The Morgan fingerprint density at radius 3 is 2.85 bits per heavy atom. The Hall–Kier alpha value is -2.67. The maximum atomic E-state index is 12.1. The molecule has 1 aromatic rings. The van der Waals surface area contributed by atoms with Crippen LogP contribution >= 0.6 is 11.6 Å². The molecule has 2 N–H and O–H groups in total. The van der Waals surface area contributed by atoms with Crippen LogP contribution < -0.4 is 10.6 Å². The van der Waals surface area contributed by atoms with Crippen LogP contribution in [0.3, 0.4) is 0 Å². The number of nitro groups is 1. The SMILES string of the molecule is N#C/C(=C/Nc1ccc(Cl)c([N+](=O)[O-])c1)C(=O)NCCN1CCOCC1. The Labute approximate surface area is 155 Å². The van der Waals surface area contributed by atoms with Crippen molar-refractivity contribution in [3.8, 4) is 6.07 Å². The summed E-state index contributed by atoms with van der Waals surface area (Å²) in [6, 6.07) is 5.91. The number of carbonyl (C=O) groups excluding carboxylic acids is 1. The third-order valence-corrected chi connectivity index (χ3v) is 4.03. The molecular formula is C16H18ClN5O4. The van der Waals surface area contributed by atoms with Gasteiger partial charge in [0.2, 0.25) is 0 Å². The fourth-order valence-electron chi connectivity index (χ4n) is 2.29. The second-order valence-electron chi connectivity index (χ2n) is 5.45. The van der Waals surface area contributed by atoms with Crippen LogP contribution in [0.25, 0.3) is 0 Å². The van der Waals surface area contributed by atoms with Gasteiger partial charge in [-0.3, -0.25) is 19.8 Å². The molecule has 0 radical (unpaired) electrons. The molecule has 1 heterocycles. The van der Waals surface area contributed by atoms with Crippen molar-refractivity contribution in [3.05, 3.63) is 45.1 Å². The van der Waals surface area contributed by atoms with Gasteiger partial charge >= 0.3 is 0 Å². The molecule has 1 fully saturated rings. The van der Waals surface area contributed by atoms with Crippen molar-refractivity contribution in [3.63, 3.8) is 0 Å². The van der Waals surface area contributed by atoms with Gasteiger partial charge in [-0.05, 0) is 12.1 Å². The Bertz CT molecular complexity index is 741. The zero-order valence-electron chi connectivity index (χ0n) is 13.9. The number of hydrogen-bond donors (Lipinski definition) is 2. The van der Waals surface area contributed by atoms with Gasteiger partial charge in [0.05, 0.1) is 18.1 Å². The zero-order valence-corrected chi connectivity index (χ0v) is 14.7. The summed E-state index contributed by atoms with van der Waals surface area (Å²) in [5.41, 5.74) is -0.0573. The van der Waals surface area contributed by atoms with Gasteiger partial charge in [-0.15, -0.1) is 0 Å². The molecule has 0 unspecified atom stereocenters. The molecule has 1 amide bonds. The van der Waals surface area contributed by atoms with E-state index in [0.717, 1.165) is 13.1 Å². The van der Waals surface area contributed by atoms with Gasteiger partial charge in [-0.25, -0.2) is 0 Å². The predicted octanol–water partition coefficient (Wildman–Crippen LogP) is 1.52. The number of amides is 1. The second kappa shape index (κ2) is 9.72. The van der Waals surface area contributed by atoms with E-state index in [-0.39, 0.29) is 16.3 Å². The largest absolute Gasteiger partial charge is 0.379 e. The van der Waals surface area contributed by atoms with Gasteiger partial charge in [-0.2, -0.15) is 5.26 Å². The van der Waals surface area contributed by atoms with E-state index in [9.17, 15) is 14.9 Å². The third-order valence-electron chi connectivity index (χ3n) is 3.71. The van der Waals surface area contributed by atoms with Gasteiger partial charge in [-0.1, -0.05) is 11.6 Å². The van der Waals surface area contributed by atoms with Gasteiger partial charge in [0.1, 0.15) is 16.7 Å². The first-order valence-electron chi connectivity index (χ1n) is 7.90. The number of rotatable bonds is 7. The smallest absolute Gasteiger partial charge is 0.289 e. The number of ether oxygens (including phenoxy) is 1. The summed E-state index contributed by atoms with van der Waals surface area (Å²) in [7, 11) is 0. The third kappa shape index (κ3) is 5.70. The van der Waals surface area contributed by atoms with E-state index >= 15 is 0 Å². The fraction of sp³-hybridized carbons (Fsp3) is 0.375.